The summed E-state index contributed by atoms with van der Waals surface area (Å²) in [6.07, 6.45) is 0. The number of para-hydroxylation sites is 1. The van der Waals surface area contributed by atoms with Gasteiger partial charge >= 0.3 is 0 Å². The van der Waals surface area contributed by atoms with Crippen LogP contribution in [0.15, 0.2) is 36.4 Å². The number of aryl methyl sites for hydroxylation is 2. The molecule has 110 valence electrons. The zero-order valence-electron chi connectivity index (χ0n) is 12.2. The molecule has 0 bridgehead atoms. The van der Waals surface area contributed by atoms with E-state index < -0.39 is 0 Å². The monoisotopic (exact) mass is 320 g/mol. The van der Waals surface area contributed by atoms with Crippen LogP contribution in [-0.4, -0.2) is 12.2 Å². The van der Waals surface area contributed by atoms with E-state index in [1.54, 1.807) is 19.2 Å². The molecule has 21 heavy (non-hydrogen) atoms. The maximum Gasteiger partial charge on any atom is 0.175 e. The lowest BCUT2D eigenvalue weighted by molar-refractivity contribution is 0.415. The summed E-state index contributed by atoms with van der Waals surface area (Å²) in [7, 11) is 1.58. The Morgan fingerprint density at radius 1 is 1.10 bits per heavy atom. The van der Waals surface area contributed by atoms with Crippen LogP contribution < -0.4 is 15.4 Å². The van der Waals surface area contributed by atoms with E-state index in [-0.39, 0.29) is 0 Å². The van der Waals surface area contributed by atoms with Gasteiger partial charge in [0.1, 0.15) is 5.75 Å². The van der Waals surface area contributed by atoms with Crippen LogP contribution in [-0.2, 0) is 0 Å². The van der Waals surface area contributed by atoms with Crippen molar-refractivity contribution in [1.29, 1.82) is 0 Å². The van der Waals surface area contributed by atoms with Gasteiger partial charge in [0.05, 0.1) is 12.1 Å². The molecule has 0 saturated carbocycles. The summed E-state index contributed by atoms with van der Waals surface area (Å²) in [5.41, 5.74) is 4.12. The molecule has 0 atom stereocenters. The average Bonchev–Trinajstić information content (AvgIpc) is 2.43. The molecule has 0 aliphatic rings. The summed E-state index contributed by atoms with van der Waals surface area (Å²) in [5, 5.41) is 7.40. The summed E-state index contributed by atoms with van der Waals surface area (Å²) in [4.78, 5) is 0. The Morgan fingerprint density at radius 2 is 1.76 bits per heavy atom. The molecule has 0 amide bonds. The van der Waals surface area contributed by atoms with Crippen LogP contribution in [0.1, 0.15) is 11.1 Å². The van der Waals surface area contributed by atoms with Crippen LogP contribution in [0.25, 0.3) is 0 Å². The fourth-order valence-corrected chi connectivity index (χ4v) is 2.51. The normalized spacial score (nSPS) is 10.1. The third-order valence-corrected chi connectivity index (χ3v) is 3.63. The fraction of sp³-hybridized carbons (Fsp3) is 0.188. The van der Waals surface area contributed by atoms with Gasteiger partial charge in [-0.3, -0.25) is 0 Å². The minimum absolute atomic E-state index is 0.522. The predicted octanol–water partition coefficient (Wildman–Crippen LogP) is 4.77. The molecule has 2 aromatic carbocycles. The van der Waals surface area contributed by atoms with Gasteiger partial charge in [0.25, 0.3) is 0 Å². The average molecular weight is 321 g/mol. The molecule has 0 heterocycles. The van der Waals surface area contributed by atoms with Gasteiger partial charge in [-0.05, 0) is 55.4 Å². The standard InChI is InChI=1S/C16H17ClN2OS/c1-10-5-4-6-11(2)15(10)19-16(21)18-12-7-8-14(20-3)13(17)9-12/h4-9H,1-3H3,(H2,18,19,21). The number of hydrogen-bond acceptors (Lipinski definition) is 2. The Labute approximate surface area is 135 Å². The van der Waals surface area contributed by atoms with Crippen molar-refractivity contribution in [1.82, 2.24) is 0 Å². The molecular weight excluding hydrogens is 304 g/mol. The topological polar surface area (TPSA) is 33.3 Å². The third-order valence-electron chi connectivity index (χ3n) is 3.13. The molecule has 0 aliphatic carbocycles. The van der Waals surface area contributed by atoms with Gasteiger partial charge in [0, 0.05) is 11.4 Å². The highest BCUT2D eigenvalue weighted by Gasteiger charge is 2.06. The van der Waals surface area contributed by atoms with Crippen LogP contribution in [0, 0.1) is 13.8 Å². The van der Waals surface area contributed by atoms with Gasteiger partial charge in [0.15, 0.2) is 5.11 Å². The Morgan fingerprint density at radius 3 is 2.33 bits per heavy atom. The summed E-state index contributed by atoms with van der Waals surface area (Å²) >= 11 is 11.4. The second kappa shape index (κ2) is 6.78. The van der Waals surface area contributed by atoms with Crippen molar-refractivity contribution >= 4 is 40.3 Å². The van der Waals surface area contributed by atoms with E-state index in [1.165, 1.54) is 0 Å². The fourth-order valence-electron chi connectivity index (χ4n) is 2.03. The minimum atomic E-state index is 0.522. The molecule has 5 heteroatoms. The number of halogens is 1. The lowest BCUT2D eigenvalue weighted by atomic mass is 10.1. The first-order valence-corrected chi connectivity index (χ1v) is 7.27. The lowest BCUT2D eigenvalue weighted by Gasteiger charge is -2.15. The highest BCUT2D eigenvalue weighted by Crippen LogP contribution is 2.27. The second-order valence-corrected chi connectivity index (χ2v) is 5.51. The van der Waals surface area contributed by atoms with Crippen LogP contribution in [0.3, 0.4) is 0 Å². The molecule has 0 spiro atoms. The van der Waals surface area contributed by atoms with E-state index >= 15 is 0 Å². The van der Waals surface area contributed by atoms with E-state index in [0.29, 0.717) is 15.9 Å². The largest absolute Gasteiger partial charge is 0.495 e. The van der Waals surface area contributed by atoms with Gasteiger partial charge in [0.2, 0.25) is 0 Å². The molecular formula is C16H17ClN2OS. The van der Waals surface area contributed by atoms with E-state index in [0.717, 1.165) is 22.5 Å². The number of anilines is 2. The smallest absolute Gasteiger partial charge is 0.175 e. The van der Waals surface area contributed by atoms with Gasteiger partial charge < -0.3 is 15.4 Å². The van der Waals surface area contributed by atoms with Crippen LogP contribution in [0.4, 0.5) is 11.4 Å². The van der Waals surface area contributed by atoms with Gasteiger partial charge in [-0.2, -0.15) is 0 Å². The molecule has 0 aliphatic heterocycles. The zero-order chi connectivity index (χ0) is 15.4. The minimum Gasteiger partial charge on any atom is -0.495 e. The van der Waals surface area contributed by atoms with Crippen molar-refractivity contribution in [3.8, 4) is 5.75 Å². The maximum absolute atomic E-state index is 6.09. The summed E-state index contributed by atoms with van der Waals surface area (Å²) in [5.74, 6) is 0.635. The van der Waals surface area contributed by atoms with Gasteiger partial charge in [-0.25, -0.2) is 0 Å². The van der Waals surface area contributed by atoms with Crippen LogP contribution >= 0.6 is 23.8 Å². The SMILES string of the molecule is COc1ccc(NC(=S)Nc2c(C)cccc2C)cc1Cl. The Balaban J connectivity index is 2.10. The van der Waals surface area contributed by atoms with E-state index in [4.69, 9.17) is 28.6 Å². The van der Waals surface area contributed by atoms with E-state index in [1.807, 2.05) is 38.1 Å². The second-order valence-electron chi connectivity index (χ2n) is 4.70. The molecule has 2 rings (SSSR count). The van der Waals surface area contributed by atoms with Gasteiger partial charge in [-0.15, -0.1) is 0 Å². The first-order valence-electron chi connectivity index (χ1n) is 6.49. The Hall–Kier alpha value is -1.78. The summed E-state index contributed by atoms with van der Waals surface area (Å²) < 4.78 is 5.12. The Kier molecular flexibility index (Phi) is 5.04. The number of methoxy groups -OCH3 is 1. The number of benzene rings is 2. The molecule has 0 aromatic heterocycles. The van der Waals surface area contributed by atoms with Crippen molar-refractivity contribution in [2.75, 3.05) is 17.7 Å². The van der Waals surface area contributed by atoms with Crippen molar-refractivity contribution < 1.29 is 4.74 Å². The Bertz CT molecular complexity index is 653. The zero-order valence-corrected chi connectivity index (χ0v) is 13.7. The lowest BCUT2D eigenvalue weighted by Crippen LogP contribution is -2.20. The first kappa shape index (κ1) is 15.6. The number of hydrogen-bond donors (Lipinski definition) is 2. The molecule has 0 fully saturated rings. The van der Waals surface area contributed by atoms with Crippen molar-refractivity contribution in [2.24, 2.45) is 0 Å². The van der Waals surface area contributed by atoms with Crippen molar-refractivity contribution in [2.45, 2.75) is 13.8 Å². The van der Waals surface area contributed by atoms with Gasteiger partial charge in [-0.1, -0.05) is 29.8 Å². The molecule has 3 nitrogen and oxygen atoms in total. The third kappa shape index (κ3) is 3.86. The summed E-state index contributed by atoms with van der Waals surface area (Å²) in [6.45, 7) is 4.09. The first-order chi connectivity index (χ1) is 10.0. The highest BCUT2D eigenvalue weighted by atomic mass is 35.5. The van der Waals surface area contributed by atoms with Crippen LogP contribution in [0.5, 0.6) is 5.75 Å². The highest BCUT2D eigenvalue weighted by molar-refractivity contribution is 7.80. The number of rotatable bonds is 3. The molecule has 0 saturated heterocycles. The summed E-state index contributed by atoms with van der Waals surface area (Å²) in [6, 6.07) is 11.6. The van der Waals surface area contributed by atoms with Crippen molar-refractivity contribution in [3.63, 3.8) is 0 Å². The predicted molar refractivity (Wildman–Crippen MR) is 93.8 cm³/mol. The quantitative estimate of drug-likeness (QED) is 0.798. The van der Waals surface area contributed by atoms with Crippen LogP contribution in [0.2, 0.25) is 5.02 Å². The van der Waals surface area contributed by atoms with E-state index in [2.05, 4.69) is 10.6 Å². The maximum atomic E-state index is 6.09. The molecule has 2 N–H and O–H groups in total. The number of nitrogens with one attached hydrogen (secondary N) is 2. The number of thiocarbonyl (C=S) groups is 1. The molecule has 2 aromatic rings. The molecule has 0 radical (unpaired) electrons. The van der Waals surface area contributed by atoms with E-state index in [9.17, 15) is 0 Å². The van der Waals surface area contributed by atoms with Crippen molar-refractivity contribution in [3.05, 3.63) is 52.5 Å². The number of ether oxygens (including phenoxy) is 1. The molecule has 0 unspecified atom stereocenters.